The summed E-state index contributed by atoms with van der Waals surface area (Å²) in [5.41, 5.74) is 1.60. The van der Waals surface area contributed by atoms with Gasteiger partial charge in [-0.05, 0) is 55.1 Å². The molecule has 2 N–H and O–H groups in total. The van der Waals surface area contributed by atoms with Crippen molar-refractivity contribution in [1.29, 1.82) is 0 Å². The van der Waals surface area contributed by atoms with Gasteiger partial charge in [-0.1, -0.05) is 102 Å². The second kappa shape index (κ2) is 17.4. The average molecular weight is 935 g/mol. The second-order valence-corrected chi connectivity index (χ2v) is 28.4. The summed E-state index contributed by atoms with van der Waals surface area (Å²) in [7, 11) is -5.00. The minimum atomic E-state index is -2.68. The van der Waals surface area contributed by atoms with E-state index in [2.05, 4.69) is 0 Å². The topological polar surface area (TPSA) is 180 Å². The number of rotatable bonds is 8. The molecule has 0 aliphatic carbocycles. The van der Waals surface area contributed by atoms with Crippen molar-refractivity contribution in [3.8, 4) is 22.8 Å². The Bertz CT molecular complexity index is 3480. The number of nitrogens with zero attached hydrogens (tertiary/aromatic N) is 4. The zero-order valence-electron chi connectivity index (χ0n) is 46.2. The van der Waals surface area contributed by atoms with Crippen LogP contribution in [0.2, 0.25) is 51.3 Å². The quantitative estimate of drug-likeness (QED) is 0.0858. The molecule has 0 fully saturated rings. The molecule has 8 heterocycles. The van der Waals surface area contributed by atoms with Gasteiger partial charge in [-0.2, -0.15) is 0 Å². The Morgan fingerprint density at radius 3 is 1.76 bits per heavy atom. The summed E-state index contributed by atoms with van der Waals surface area (Å²) >= 11 is 0. The van der Waals surface area contributed by atoms with Gasteiger partial charge in [0.2, 0.25) is 0 Å². The Morgan fingerprint density at radius 1 is 0.697 bits per heavy atom. The number of cyclic esters (lactones) is 2. The number of aliphatic hydroxyl groups is 2. The Balaban J connectivity index is 0.000000167. The fourth-order valence-corrected chi connectivity index (χ4v) is 9.58. The van der Waals surface area contributed by atoms with E-state index in [9.17, 15) is 34.2 Å². The molecule has 0 spiro atoms. The second-order valence-electron chi connectivity index (χ2n) is 18.9. The average Bonchev–Trinajstić information content (AvgIpc) is 3.90. The highest BCUT2D eigenvalue weighted by atomic mass is 28.3. The van der Waals surface area contributed by atoms with Crippen molar-refractivity contribution in [2.75, 3.05) is 0 Å². The Morgan fingerprint density at radius 2 is 1.21 bits per heavy atom. The van der Waals surface area contributed by atoms with Crippen LogP contribution >= 0.6 is 0 Å². The lowest BCUT2D eigenvalue weighted by molar-refractivity contribution is -0.172. The molecule has 344 valence electrons. The molecule has 0 radical (unpaired) electrons. The molecule has 15 heteroatoms. The first kappa shape index (κ1) is 37.2. The zero-order valence-corrected chi connectivity index (χ0v) is 40.2. The lowest BCUT2D eigenvalue weighted by Gasteiger charge is -2.31. The monoisotopic (exact) mass is 934 g/mol. The van der Waals surface area contributed by atoms with Gasteiger partial charge in [0.15, 0.2) is 11.2 Å². The number of aldehydes is 1. The molecule has 0 saturated heterocycles. The molecule has 4 aliphatic rings. The highest BCUT2D eigenvalue weighted by Crippen LogP contribution is 2.42. The van der Waals surface area contributed by atoms with E-state index in [1.807, 2.05) is 30.3 Å². The van der Waals surface area contributed by atoms with E-state index < -0.39 is 69.6 Å². The van der Waals surface area contributed by atoms with Gasteiger partial charge in [-0.25, -0.2) is 19.6 Å². The molecule has 2 atom stereocenters. The maximum absolute atomic E-state index is 13.6. The lowest BCUT2D eigenvalue weighted by Crippen LogP contribution is -2.44. The van der Waals surface area contributed by atoms with Crippen LogP contribution in [0.5, 0.6) is 0 Å². The van der Waals surface area contributed by atoms with Gasteiger partial charge in [-0.3, -0.25) is 9.59 Å². The molecule has 10 rings (SSSR count). The smallest absolute Gasteiger partial charge is 0.343 e. The molecule has 0 amide bonds. The normalized spacial score (nSPS) is 21.5. The maximum Gasteiger partial charge on any atom is 0.343 e. The van der Waals surface area contributed by atoms with Crippen molar-refractivity contribution in [2.24, 2.45) is 0 Å². The molecule has 6 aromatic rings. The predicted molar refractivity (Wildman–Crippen MR) is 260 cm³/mol. The molecule has 2 aromatic carbocycles. The maximum atomic E-state index is 13.6. The number of esters is 2. The van der Waals surface area contributed by atoms with Gasteiger partial charge in [0.1, 0.15) is 19.5 Å². The van der Waals surface area contributed by atoms with E-state index in [1.165, 1.54) is 4.57 Å². The highest BCUT2D eigenvalue weighted by molar-refractivity contribution is 6.76. The van der Waals surface area contributed by atoms with Gasteiger partial charge in [0.05, 0.1) is 58.0 Å². The number of carbonyl (C=O) groups is 3. The van der Waals surface area contributed by atoms with E-state index in [-0.39, 0.29) is 61.1 Å². The van der Waals surface area contributed by atoms with Crippen LogP contribution in [0.15, 0.2) is 76.3 Å². The van der Waals surface area contributed by atoms with Crippen LogP contribution in [0, 0.1) is 0 Å². The van der Waals surface area contributed by atoms with Gasteiger partial charge in [0, 0.05) is 66.5 Å². The largest absolute Gasteiger partial charge is 0.458 e. The third-order valence-electron chi connectivity index (χ3n) is 12.1. The molecule has 4 aromatic heterocycles. The van der Waals surface area contributed by atoms with E-state index in [0.717, 1.165) is 22.2 Å². The van der Waals surface area contributed by atoms with Gasteiger partial charge in [0.25, 0.3) is 11.1 Å². The summed E-state index contributed by atoms with van der Waals surface area (Å²) in [6.07, 6.45) is -4.52. The van der Waals surface area contributed by atoms with Crippen molar-refractivity contribution in [2.45, 2.75) is 128 Å². The minimum absolute atomic E-state index is 0.00371. The number of hydrogen-bond acceptors (Lipinski definition) is 11. The lowest BCUT2D eigenvalue weighted by atomic mass is 9.86. The SMILES string of the molecule is CC[C@@]1(O)C(=O)OCc2c1cc1n(c2=O)Cc2cc3ccccc3nc2-1.[2H]C([2H])(C=O)C([2H])([2H])[Si](C)(C)C.[2H]C([2H])(c1c2c(nc3ccccc13)-c1cc3c(c(=O)n1C2)COC(=O)[C@]3(O)CC)C([2H])([2H])[Si](C)(C)C. The third-order valence-corrected chi connectivity index (χ3v) is 13.8. The van der Waals surface area contributed by atoms with E-state index in [0.29, 0.717) is 51.2 Å². The number of ether oxygens (including phenoxy) is 2. The number of aryl methyl sites for hydroxylation is 1. The summed E-state index contributed by atoms with van der Waals surface area (Å²) in [4.78, 5) is 71.0. The van der Waals surface area contributed by atoms with Crippen LogP contribution in [0.25, 0.3) is 44.6 Å². The van der Waals surface area contributed by atoms with Crippen LogP contribution in [0.3, 0.4) is 0 Å². The summed E-state index contributed by atoms with van der Waals surface area (Å²) < 4.78 is 78.7. The molecule has 0 bridgehead atoms. The Hall–Kier alpha value is -5.88. The standard InChI is InChI=1S/C25H28N2O4Si.C20H16N2O4.C6H14OSi/c1-5-25(30)19-12-21-22-17(13-27(21)23(28)18(19)14-31-24(25)29)15(10-11-32(2,3)4)16-8-6-7-9-20(16)26-22;1-2-20(25)14-8-16-17-12(7-11-5-3-4-6-15(11)21-17)9-22(16)18(23)13(14)10-26-19(20)24;1-8(2,3)6-4-5-7/h6-9,12,30H,5,10-11,13-14H2,1-4H3;3-8,25H,2,9-10H2,1H3;5H,4,6H2,1-3H3/t25-;20-;/m00./s1/i10D2,11D2;;4D2,6D2. The van der Waals surface area contributed by atoms with Crippen molar-refractivity contribution in [3.63, 3.8) is 0 Å². The number of pyridine rings is 4. The van der Waals surface area contributed by atoms with E-state index in [1.54, 1.807) is 94.1 Å². The number of para-hydroxylation sites is 2. The Kier molecular flexibility index (Phi) is 9.82. The van der Waals surface area contributed by atoms with Crippen molar-refractivity contribution < 1.29 is 45.0 Å². The first-order chi connectivity index (χ1) is 34.2. The molecular weight excluding hydrogens is 869 g/mol. The van der Waals surface area contributed by atoms with Gasteiger partial charge >= 0.3 is 11.9 Å². The molecule has 4 aliphatic heterocycles. The van der Waals surface area contributed by atoms with E-state index >= 15 is 0 Å². The van der Waals surface area contributed by atoms with Gasteiger partial charge < -0.3 is 33.6 Å². The van der Waals surface area contributed by atoms with Gasteiger partial charge in [-0.15, -0.1) is 0 Å². The summed E-state index contributed by atoms with van der Waals surface area (Å²) in [5.74, 6) is -5.67. The van der Waals surface area contributed by atoms with E-state index in [4.69, 9.17) is 30.4 Å². The van der Waals surface area contributed by atoms with Crippen molar-refractivity contribution in [3.05, 3.63) is 126 Å². The molecule has 66 heavy (non-hydrogen) atoms. The molecule has 0 saturated carbocycles. The molecular formula is C51H58N4O9Si2. The first-order valence-corrected chi connectivity index (χ1v) is 28.9. The summed E-state index contributed by atoms with van der Waals surface area (Å²) in [5, 5.41) is 23.5. The minimum Gasteiger partial charge on any atom is -0.458 e. The van der Waals surface area contributed by atoms with Crippen LogP contribution in [-0.2, 0) is 67.7 Å². The summed E-state index contributed by atoms with van der Waals surface area (Å²) in [6, 6.07) is 20.1. The van der Waals surface area contributed by atoms with Crippen molar-refractivity contribution in [1.82, 2.24) is 19.1 Å². The number of aromatic nitrogens is 4. The number of hydrogen-bond donors (Lipinski definition) is 2. The fraction of sp³-hybridized carbons (Fsp3) is 0.392. The first-order valence-electron chi connectivity index (χ1n) is 25.9. The fourth-order valence-electron chi connectivity index (χ4n) is 8.59. The molecule has 13 nitrogen and oxygen atoms in total. The van der Waals surface area contributed by atoms with Crippen LogP contribution in [0.4, 0.5) is 0 Å². The number of benzene rings is 2. The number of carbonyl (C=O) groups excluding carboxylic acids is 3. The predicted octanol–water partition coefficient (Wildman–Crippen LogP) is 7.95. The van der Waals surface area contributed by atoms with Crippen LogP contribution in [0.1, 0.15) is 83.0 Å². The molecule has 0 unspecified atom stereocenters. The van der Waals surface area contributed by atoms with Crippen LogP contribution in [-0.4, -0.2) is 63.7 Å². The van der Waals surface area contributed by atoms with Crippen molar-refractivity contribution >= 4 is 56.2 Å². The van der Waals surface area contributed by atoms with Crippen LogP contribution < -0.4 is 11.1 Å². The highest BCUT2D eigenvalue weighted by Gasteiger charge is 2.47. The zero-order chi connectivity index (χ0) is 54.7. The Labute approximate surface area is 396 Å². The number of fused-ring (bicyclic) bond motifs is 10. The third kappa shape index (κ3) is 8.30. The summed E-state index contributed by atoms with van der Waals surface area (Å²) in [6.45, 7) is 13.9.